The number of amides is 2. The van der Waals surface area contributed by atoms with Gasteiger partial charge in [0, 0.05) is 37.4 Å². The predicted octanol–water partition coefficient (Wildman–Crippen LogP) is 2.57. The van der Waals surface area contributed by atoms with Gasteiger partial charge in [-0.2, -0.15) is 0 Å². The Morgan fingerprint density at radius 3 is 2.42 bits per heavy atom. The lowest BCUT2D eigenvalue weighted by atomic mass is 10.1. The minimum Gasteiger partial charge on any atom is -0.497 e. The molecule has 2 aromatic rings. The van der Waals surface area contributed by atoms with Crippen LogP contribution in [0.25, 0.3) is 0 Å². The van der Waals surface area contributed by atoms with Gasteiger partial charge in [0.15, 0.2) is 18.1 Å². The highest BCUT2D eigenvalue weighted by molar-refractivity contribution is 6.32. The van der Waals surface area contributed by atoms with Crippen molar-refractivity contribution in [2.24, 2.45) is 5.73 Å². The summed E-state index contributed by atoms with van der Waals surface area (Å²) in [7, 11) is 3.08. The quantitative estimate of drug-likeness (QED) is 0.701. The molecule has 0 spiro atoms. The SMILES string of the molecule is COc1ccc(N2CCCN(C(=O)c3cc(Cl)c(OCC(N)=O)c(OC)c3)CC2)cc1. The molecule has 1 aliphatic rings. The third kappa shape index (κ3) is 5.52. The number of nitrogens with zero attached hydrogens (tertiary/aromatic N) is 2. The Morgan fingerprint density at radius 2 is 1.77 bits per heavy atom. The summed E-state index contributed by atoms with van der Waals surface area (Å²) in [6, 6.07) is 11.0. The minimum atomic E-state index is -0.635. The maximum absolute atomic E-state index is 13.1. The van der Waals surface area contributed by atoms with Crippen LogP contribution in [0.3, 0.4) is 0 Å². The molecule has 0 bridgehead atoms. The van der Waals surface area contributed by atoms with Gasteiger partial charge < -0.3 is 29.7 Å². The number of rotatable bonds is 7. The summed E-state index contributed by atoms with van der Waals surface area (Å²) in [6.07, 6.45) is 0.836. The normalized spacial score (nSPS) is 14.0. The van der Waals surface area contributed by atoms with Crippen molar-refractivity contribution in [3.63, 3.8) is 0 Å². The first-order valence-corrected chi connectivity index (χ1v) is 10.3. The highest BCUT2D eigenvalue weighted by atomic mass is 35.5. The molecule has 166 valence electrons. The van der Waals surface area contributed by atoms with E-state index in [1.807, 2.05) is 24.3 Å². The number of carbonyl (C=O) groups excluding carboxylic acids is 2. The number of methoxy groups -OCH3 is 2. The van der Waals surface area contributed by atoms with E-state index in [1.165, 1.54) is 13.2 Å². The molecule has 0 aromatic heterocycles. The van der Waals surface area contributed by atoms with Gasteiger partial charge in [0.2, 0.25) is 0 Å². The molecule has 1 heterocycles. The van der Waals surface area contributed by atoms with Crippen LogP contribution in [-0.4, -0.2) is 63.7 Å². The Kier molecular flexibility index (Phi) is 7.46. The van der Waals surface area contributed by atoms with Gasteiger partial charge in [-0.3, -0.25) is 9.59 Å². The fraction of sp³-hybridized carbons (Fsp3) is 0.364. The molecule has 3 rings (SSSR count). The molecule has 31 heavy (non-hydrogen) atoms. The monoisotopic (exact) mass is 447 g/mol. The van der Waals surface area contributed by atoms with Crippen LogP contribution < -0.4 is 24.8 Å². The number of anilines is 1. The van der Waals surface area contributed by atoms with Gasteiger partial charge in [0.25, 0.3) is 11.8 Å². The molecule has 1 saturated heterocycles. The fourth-order valence-electron chi connectivity index (χ4n) is 3.48. The van der Waals surface area contributed by atoms with Gasteiger partial charge in [-0.15, -0.1) is 0 Å². The number of nitrogens with two attached hydrogens (primary N) is 1. The van der Waals surface area contributed by atoms with Crippen LogP contribution in [0, 0.1) is 0 Å². The van der Waals surface area contributed by atoms with Crippen molar-refractivity contribution in [1.29, 1.82) is 0 Å². The van der Waals surface area contributed by atoms with Gasteiger partial charge in [0.1, 0.15) is 5.75 Å². The van der Waals surface area contributed by atoms with Crippen molar-refractivity contribution < 1.29 is 23.8 Å². The Hall–Kier alpha value is -3.13. The van der Waals surface area contributed by atoms with E-state index >= 15 is 0 Å². The second-order valence-corrected chi connectivity index (χ2v) is 7.48. The second kappa shape index (κ2) is 10.3. The van der Waals surface area contributed by atoms with Crippen molar-refractivity contribution in [2.45, 2.75) is 6.42 Å². The average Bonchev–Trinajstić information content (AvgIpc) is 3.03. The van der Waals surface area contributed by atoms with E-state index in [0.717, 1.165) is 24.4 Å². The lowest BCUT2D eigenvalue weighted by Crippen LogP contribution is -2.35. The van der Waals surface area contributed by atoms with E-state index < -0.39 is 5.91 Å². The first kappa shape index (κ1) is 22.6. The van der Waals surface area contributed by atoms with Crippen LogP contribution in [0.4, 0.5) is 5.69 Å². The summed E-state index contributed by atoms with van der Waals surface area (Å²) >= 11 is 6.29. The topological polar surface area (TPSA) is 94.3 Å². The number of ether oxygens (including phenoxy) is 3. The smallest absolute Gasteiger partial charge is 0.255 e. The predicted molar refractivity (Wildman–Crippen MR) is 118 cm³/mol. The molecule has 2 N–H and O–H groups in total. The highest BCUT2D eigenvalue weighted by Gasteiger charge is 2.23. The molecule has 0 atom stereocenters. The van der Waals surface area contributed by atoms with Crippen LogP contribution in [0.2, 0.25) is 5.02 Å². The Bertz CT molecular complexity index is 935. The van der Waals surface area contributed by atoms with E-state index in [1.54, 1.807) is 18.1 Å². The molecule has 2 aromatic carbocycles. The van der Waals surface area contributed by atoms with Crippen molar-refractivity contribution in [1.82, 2.24) is 4.90 Å². The Morgan fingerprint density at radius 1 is 1.03 bits per heavy atom. The molecular formula is C22H26ClN3O5. The summed E-state index contributed by atoms with van der Waals surface area (Å²) in [6.45, 7) is 2.43. The van der Waals surface area contributed by atoms with Crippen LogP contribution in [0.1, 0.15) is 16.8 Å². The van der Waals surface area contributed by atoms with Gasteiger partial charge >= 0.3 is 0 Å². The maximum atomic E-state index is 13.1. The lowest BCUT2D eigenvalue weighted by Gasteiger charge is -2.24. The minimum absolute atomic E-state index is 0.141. The first-order valence-electron chi connectivity index (χ1n) is 9.90. The fourth-order valence-corrected chi connectivity index (χ4v) is 3.75. The summed E-state index contributed by atoms with van der Waals surface area (Å²) in [4.78, 5) is 28.2. The number of hydrogen-bond acceptors (Lipinski definition) is 6. The first-order chi connectivity index (χ1) is 14.9. The number of halogens is 1. The standard InChI is InChI=1S/C22H26ClN3O5/c1-29-17-6-4-16(5-7-17)25-8-3-9-26(11-10-25)22(28)15-12-18(23)21(19(13-15)30-2)31-14-20(24)27/h4-7,12-13H,3,8-11,14H2,1-2H3,(H2,24,27). The zero-order valence-corrected chi connectivity index (χ0v) is 18.4. The molecular weight excluding hydrogens is 422 g/mol. The summed E-state index contributed by atoms with van der Waals surface area (Å²) < 4.78 is 15.9. The summed E-state index contributed by atoms with van der Waals surface area (Å²) in [5.74, 6) is 0.486. The molecule has 0 radical (unpaired) electrons. The van der Waals surface area contributed by atoms with Crippen molar-refractivity contribution in [3.8, 4) is 17.2 Å². The molecule has 1 aliphatic heterocycles. The molecule has 8 nitrogen and oxygen atoms in total. The van der Waals surface area contributed by atoms with Gasteiger partial charge in [-0.1, -0.05) is 11.6 Å². The zero-order chi connectivity index (χ0) is 22.4. The van der Waals surface area contributed by atoms with Crippen molar-refractivity contribution >= 4 is 29.1 Å². The van der Waals surface area contributed by atoms with Crippen LogP contribution >= 0.6 is 11.6 Å². The number of primary amides is 1. The van der Waals surface area contributed by atoms with E-state index in [2.05, 4.69) is 4.90 Å². The molecule has 2 amide bonds. The maximum Gasteiger partial charge on any atom is 0.255 e. The second-order valence-electron chi connectivity index (χ2n) is 7.08. The molecule has 0 saturated carbocycles. The van der Waals surface area contributed by atoms with E-state index in [9.17, 15) is 9.59 Å². The number of carbonyl (C=O) groups is 2. The van der Waals surface area contributed by atoms with Crippen molar-refractivity contribution in [3.05, 3.63) is 47.0 Å². The number of hydrogen-bond donors (Lipinski definition) is 1. The van der Waals surface area contributed by atoms with E-state index in [0.29, 0.717) is 25.2 Å². The van der Waals surface area contributed by atoms with Crippen LogP contribution in [-0.2, 0) is 4.79 Å². The number of benzene rings is 2. The van der Waals surface area contributed by atoms with Gasteiger partial charge in [-0.05, 0) is 42.8 Å². The van der Waals surface area contributed by atoms with Gasteiger partial charge in [0.05, 0.1) is 19.2 Å². The van der Waals surface area contributed by atoms with Crippen LogP contribution in [0.5, 0.6) is 17.2 Å². The lowest BCUT2D eigenvalue weighted by molar-refractivity contribution is -0.119. The van der Waals surface area contributed by atoms with E-state index in [4.69, 9.17) is 31.5 Å². The third-order valence-electron chi connectivity index (χ3n) is 5.06. The van der Waals surface area contributed by atoms with Crippen molar-refractivity contribution in [2.75, 3.05) is 51.9 Å². The largest absolute Gasteiger partial charge is 0.497 e. The Labute approximate surface area is 186 Å². The average molecular weight is 448 g/mol. The molecule has 1 fully saturated rings. The highest BCUT2D eigenvalue weighted by Crippen LogP contribution is 2.36. The molecule has 0 unspecified atom stereocenters. The van der Waals surface area contributed by atoms with Crippen LogP contribution in [0.15, 0.2) is 36.4 Å². The van der Waals surface area contributed by atoms with E-state index in [-0.39, 0.29) is 29.0 Å². The summed E-state index contributed by atoms with van der Waals surface area (Å²) in [5.41, 5.74) is 6.61. The summed E-state index contributed by atoms with van der Waals surface area (Å²) in [5, 5.41) is 0.179. The van der Waals surface area contributed by atoms with Gasteiger partial charge in [-0.25, -0.2) is 0 Å². The third-order valence-corrected chi connectivity index (χ3v) is 5.34. The molecule has 0 aliphatic carbocycles. The molecule has 9 heteroatoms. The Balaban J connectivity index is 1.72. The zero-order valence-electron chi connectivity index (χ0n) is 17.6.